The van der Waals surface area contributed by atoms with E-state index in [0.29, 0.717) is 17.0 Å². The van der Waals surface area contributed by atoms with E-state index in [1.807, 2.05) is 0 Å². The van der Waals surface area contributed by atoms with Gasteiger partial charge in [0, 0.05) is 6.42 Å². The maximum atomic E-state index is 12.3. The van der Waals surface area contributed by atoms with Crippen molar-refractivity contribution >= 4 is 17.8 Å². The van der Waals surface area contributed by atoms with Crippen LogP contribution >= 0.6 is 0 Å². The van der Waals surface area contributed by atoms with Crippen molar-refractivity contribution in [3.05, 3.63) is 41.2 Å². The molecule has 3 rings (SSSR count). The molecule has 154 valence electrons. The second-order valence-corrected chi connectivity index (χ2v) is 7.45. The Hall–Kier alpha value is -3.18. The zero-order valence-electron chi connectivity index (χ0n) is 16.4. The van der Waals surface area contributed by atoms with Gasteiger partial charge >= 0.3 is 5.97 Å². The Morgan fingerprint density at radius 3 is 2.38 bits per heavy atom. The molecular weight excluding hydrogens is 380 g/mol. The number of aromatic nitrogens is 4. The molecule has 1 aliphatic rings. The maximum absolute atomic E-state index is 12.3. The number of hydrogen-bond donors (Lipinski definition) is 1. The minimum Gasteiger partial charge on any atom is -0.459 e. The van der Waals surface area contributed by atoms with E-state index >= 15 is 0 Å². The molecule has 0 aliphatic carbocycles. The molecule has 2 N–H and O–H groups in total. The number of nitrogens with zero attached hydrogens (tertiary/aromatic N) is 5. The van der Waals surface area contributed by atoms with E-state index in [2.05, 4.69) is 15.5 Å². The summed E-state index contributed by atoms with van der Waals surface area (Å²) in [6.45, 7) is 5.36. The quantitative estimate of drug-likeness (QED) is 0.504. The molecule has 0 saturated carbocycles. The van der Waals surface area contributed by atoms with Crippen molar-refractivity contribution in [3.63, 3.8) is 0 Å². The number of nitrogens with two attached hydrogens (primary N) is 1. The molecule has 2 heterocycles. The minimum atomic E-state index is -0.934. The highest BCUT2D eigenvalue weighted by Crippen LogP contribution is 2.22. The molecule has 1 unspecified atom stereocenters. The van der Waals surface area contributed by atoms with Crippen LogP contribution in [0.3, 0.4) is 0 Å². The van der Waals surface area contributed by atoms with Crippen LogP contribution in [0.2, 0.25) is 0 Å². The highest BCUT2D eigenvalue weighted by molar-refractivity contribution is 6.20. The first kappa shape index (κ1) is 20.6. The summed E-state index contributed by atoms with van der Waals surface area (Å²) in [6, 6.07) is 5.55. The lowest BCUT2D eigenvalue weighted by Gasteiger charge is -2.22. The number of carbonyl (C=O) groups excluding carboxylic acids is 3. The first-order chi connectivity index (χ1) is 13.7. The van der Waals surface area contributed by atoms with E-state index in [0.717, 1.165) is 5.06 Å². The van der Waals surface area contributed by atoms with Crippen LogP contribution < -0.4 is 5.73 Å². The molecule has 11 nitrogen and oxygen atoms in total. The van der Waals surface area contributed by atoms with Crippen LogP contribution in [0.15, 0.2) is 24.3 Å². The van der Waals surface area contributed by atoms with Crippen molar-refractivity contribution in [3.8, 4) is 0 Å². The SMILES string of the molecule is CC(C)(C)OC(=O)C(N)Cc1nnnn1CCON1C(=O)c2ccccc2C1=O. The van der Waals surface area contributed by atoms with Gasteiger partial charge in [0.25, 0.3) is 11.8 Å². The molecule has 11 heteroatoms. The van der Waals surface area contributed by atoms with Gasteiger partial charge in [0.2, 0.25) is 0 Å². The fourth-order valence-corrected chi connectivity index (χ4v) is 2.70. The van der Waals surface area contributed by atoms with Crippen molar-refractivity contribution in [2.75, 3.05) is 6.61 Å². The van der Waals surface area contributed by atoms with Gasteiger partial charge in [-0.1, -0.05) is 12.1 Å². The number of esters is 1. The summed E-state index contributed by atoms with van der Waals surface area (Å²) < 4.78 is 6.63. The molecule has 0 fully saturated rings. The second-order valence-electron chi connectivity index (χ2n) is 7.45. The summed E-state index contributed by atoms with van der Waals surface area (Å²) in [6.07, 6.45) is 0.0644. The average molecular weight is 402 g/mol. The molecule has 1 atom stereocenters. The number of hydroxylamine groups is 2. The molecular formula is C18H22N6O5. The first-order valence-electron chi connectivity index (χ1n) is 9.01. The molecule has 1 aliphatic heterocycles. The predicted octanol–water partition coefficient (Wildman–Crippen LogP) is 0.112. The fraction of sp³-hybridized carbons (Fsp3) is 0.444. The number of rotatable bonds is 7. The summed E-state index contributed by atoms with van der Waals surface area (Å²) in [5.74, 6) is -1.24. The summed E-state index contributed by atoms with van der Waals surface area (Å²) in [5, 5.41) is 12.0. The molecule has 1 aromatic heterocycles. The molecule has 0 saturated heterocycles. The molecule has 0 bridgehead atoms. The number of imide groups is 1. The minimum absolute atomic E-state index is 0.0365. The van der Waals surface area contributed by atoms with Crippen molar-refractivity contribution < 1.29 is 24.0 Å². The van der Waals surface area contributed by atoms with Gasteiger partial charge in [0.1, 0.15) is 11.6 Å². The second kappa shape index (κ2) is 8.05. The largest absolute Gasteiger partial charge is 0.459 e. The topological polar surface area (TPSA) is 143 Å². The zero-order valence-corrected chi connectivity index (χ0v) is 16.4. The van der Waals surface area contributed by atoms with E-state index in [9.17, 15) is 14.4 Å². The van der Waals surface area contributed by atoms with Crippen LogP contribution in [0.4, 0.5) is 0 Å². The van der Waals surface area contributed by atoms with Crippen LogP contribution in [0.25, 0.3) is 0 Å². The number of hydrogen-bond acceptors (Lipinski definition) is 9. The Labute approximate surface area is 166 Å². The third kappa shape index (κ3) is 4.63. The van der Waals surface area contributed by atoms with Gasteiger partial charge < -0.3 is 10.5 Å². The third-order valence-corrected chi connectivity index (χ3v) is 4.00. The van der Waals surface area contributed by atoms with Crippen molar-refractivity contribution in [1.29, 1.82) is 0 Å². The zero-order chi connectivity index (χ0) is 21.2. The lowest BCUT2D eigenvalue weighted by Crippen LogP contribution is -2.39. The third-order valence-electron chi connectivity index (χ3n) is 4.00. The molecule has 2 aromatic rings. The fourth-order valence-electron chi connectivity index (χ4n) is 2.70. The number of ether oxygens (including phenoxy) is 1. The van der Waals surface area contributed by atoms with Crippen molar-refractivity contribution in [2.45, 2.75) is 45.4 Å². The summed E-state index contributed by atoms with van der Waals surface area (Å²) in [7, 11) is 0. The van der Waals surface area contributed by atoms with E-state index in [1.165, 1.54) is 4.68 Å². The lowest BCUT2D eigenvalue weighted by molar-refractivity contribution is -0.156. The van der Waals surface area contributed by atoms with Gasteiger partial charge in [0.15, 0.2) is 5.82 Å². The Balaban J connectivity index is 1.56. The number of carbonyl (C=O) groups is 3. The van der Waals surface area contributed by atoms with Gasteiger partial charge in [-0.3, -0.25) is 19.2 Å². The standard InChI is InChI=1S/C18H22N6O5/c1-18(2,3)29-17(27)13(19)10-14-20-21-22-23(14)8-9-28-24-15(25)11-6-4-5-7-12(11)16(24)26/h4-7,13H,8-10,19H2,1-3H3. The summed E-state index contributed by atoms with van der Waals surface area (Å²) in [5.41, 5.74) is 5.82. The smallest absolute Gasteiger partial charge is 0.323 e. The van der Waals surface area contributed by atoms with Gasteiger partial charge in [-0.25, -0.2) is 4.68 Å². The van der Waals surface area contributed by atoms with Crippen LogP contribution in [0, 0.1) is 0 Å². The van der Waals surface area contributed by atoms with Crippen LogP contribution in [-0.2, 0) is 27.3 Å². The van der Waals surface area contributed by atoms with E-state index in [-0.39, 0.29) is 19.6 Å². The van der Waals surface area contributed by atoms with Gasteiger partial charge in [-0.15, -0.1) is 10.2 Å². The average Bonchev–Trinajstić information content (AvgIpc) is 3.18. The van der Waals surface area contributed by atoms with Crippen LogP contribution in [0.5, 0.6) is 0 Å². The van der Waals surface area contributed by atoms with Gasteiger partial charge in [-0.2, -0.15) is 0 Å². The van der Waals surface area contributed by atoms with Crippen molar-refractivity contribution in [1.82, 2.24) is 25.3 Å². The first-order valence-corrected chi connectivity index (χ1v) is 9.01. The molecule has 2 amide bonds. The molecule has 0 radical (unpaired) electrons. The van der Waals surface area contributed by atoms with Crippen molar-refractivity contribution in [2.24, 2.45) is 5.73 Å². The lowest BCUT2D eigenvalue weighted by atomic mass is 10.1. The highest BCUT2D eigenvalue weighted by Gasteiger charge is 2.36. The Kier molecular flexibility index (Phi) is 5.71. The normalized spacial score (nSPS) is 14.8. The summed E-state index contributed by atoms with van der Waals surface area (Å²) >= 11 is 0. The Bertz CT molecular complexity index is 900. The van der Waals surface area contributed by atoms with Crippen LogP contribution in [0.1, 0.15) is 47.3 Å². The number of tetrazole rings is 1. The molecule has 0 spiro atoms. The highest BCUT2D eigenvalue weighted by atomic mass is 16.7. The van der Waals surface area contributed by atoms with Gasteiger partial charge in [0.05, 0.1) is 24.3 Å². The summed E-state index contributed by atoms with van der Waals surface area (Å²) in [4.78, 5) is 41.9. The number of benzene rings is 1. The predicted molar refractivity (Wildman–Crippen MR) is 98.2 cm³/mol. The molecule has 29 heavy (non-hydrogen) atoms. The Morgan fingerprint density at radius 2 is 1.79 bits per heavy atom. The van der Waals surface area contributed by atoms with E-state index < -0.39 is 29.4 Å². The Morgan fingerprint density at radius 1 is 1.17 bits per heavy atom. The van der Waals surface area contributed by atoms with Gasteiger partial charge in [-0.05, 0) is 43.3 Å². The van der Waals surface area contributed by atoms with E-state index in [1.54, 1.807) is 45.0 Å². The maximum Gasteiger partial charge on any atom is 0.323 e. The number of amides is 2. The molecule has 1 aromatic carbocycles. The van der Waals surface area contributed by atoms with Crippen LogP contribution in [-0.4, -0.2) is 61.3 Å². The van der Waals surface area contributed by atoms with E-state index in [4.69, 9.17) is 15.3 Å². The number of fused-ring (bicyclic) bond motifs is 1. The monoisotopic (exact) mass is 402 g/mol.